The number of carbonyl (C=O) groups is 1. The van der Waals surface area contributed by atoms with E-state index in [-0.39, 0.29) is 41.3 Å². The molecule has 0 bridgehead atoms. The Balaban J connectivity index is 1.48. The number of nitrogens with zero attached hydrogens (tertiary/aromatic N) is 2. The van der Waals surface area contributed by atoms with E-state index in [2.05, 4.69) is 10.4 Å². The van der Waals surface area contributed by atoms with Gasteiger partial charge in [-0.05, 0) is 43.7 Å². The maximum Gasteiger partial charge on any atom is 0.435 e. The molecule has 6 nitrogen and oxygen atoms in total. The molecule has 2 heterocycles. The normalized spacial score (nSPS) is 11.6. The third-order valence-corrected chi connectivity index (χ3v) is 5.09. The van der Waals surface area contributed by atoms with Gasteiger partial charge in [-0.3, -0.25) is 9.48 Å². The number of hydrogen-bond acceptors (Lipinski definition) is 4. The van der Waals surface area contributed by atoms with Crippen molar-refractivity contribution in [3.63, 3.8) is 0 Å². The van der Waals surface area contributed by atoms with Gasteiger partial charge in [-0.25, -0.2) is 0 Å². The molecule has 12 heteroatoms. The molecule has 1 aromatic carbocycles. The lowest BCUT2D eigenvalue weighted by atomic mass is 10.3. The third kappa shape index (κ3) is 6.11. The van der Waals surface area contributed by atoms with Crippen LogP contribution in [0.4, 0.5) is 13.2 Å². The Morgan fingerprint density at radius 2 is 1.88 bits per heavy atom. The highest BCUT2D eigenvalue weighted by Gasteiger charge is 2.34. The number of rotatable bonds is 8. The van der Waals surface area contributed by atoms with Gasteiger partial charge in [-0.15, -0.1) is 0 Å². The molecule has 172 valence electrons. The summed E-state index contributed by atoms with van der Waals surface area (Å²) in [4.78, 5) is 12.2. The van der Waals surface area contributed by atoms with Crippen molar-refractivity contribution in [1.82, 2.24) is 15.1 Å². The van der Waals surface area contributed by atoms with Crippen LogP contribution in [0.5, 0.6) is 5.75 Å². The molecule has 0 spiro atoms. The van der Waals surface area contributed by atoms with Crippen molar-refractivity contribution in [2.24, 2.45) is 0 Å². The van der Waals surface area contributed by atoms with Crippen molar-refractivity contribution in [1.29, 1.82) is 0 Å². The quantitative estimate of drug-likeness (QED) is 0.368. The molecule has 0 radical (unpaired) electrons. The van der Waals surface area contributed by atoms with Gasteiger partial charge in [0, 0.05) is 23.8 Å². The van der Waals surface area contributed by atoms with E-state index in [1.165, 1.54) is 29.8 Å². The summed E-state index contributed by atoms with van der Waals surface area (Å²) in [6, 6.07) is 7.00. The molecule has 0 fully saturated rings. The lowest BCUT2D eigenvalue weighted by Crippen LogP contribution is -2.25. The van der Waals surface area contributed by atoms with Crippen molar-refractivity contribution in [3.05, 3.63) is 68.3 Å². The minimum absolute atomic E-state index is 0.0194. The van der Waals surface area contributed by atoms with E-state index in [1.807, 2.05) is 0 Å². The molecule has 0 saturated heterocycles. The van der Waals surface area contributed by atoms with Crippen molar-refractivity contribution in [3.8, 4) is 5.75 Å². The van der Waals surface area contributed by atoms with Crippen LogP contribution in [-0.2, 0) is 19.3 Å². The Hall–Kier alpha value is -2.36. The van der Waals surface area contributed by atoms with Crippen LogP contribution in [0.25, 0.3) is 0 Å². The standard InChI is InChI=1S/C20H17Cl3F3N3O3/c1-11-7-17(20(24,25)26)28-29(11)6-2-5-27-19(30)16-4-3-13(32-16)10-31-18-14(22)8-12(21)9-15(18)23/h3-4,7-9H,2,5-6,10H2,1H3,(H,27,30). The van der Waals surface area contributed by atoms with Crippen molar-refractivity contribution >= 4 is 40.7 Å². The van der Waals surface area contributed by atoms with E-state index in [0.717, 1.165) is 6.07 Å². The Morgan fingerprint density at radius 1 is 1.19 bits per heavy atom. The number of benzene rings is 1. The zero-order valence-corrected chi connectivity index (χ0v) is 18.9. The van der Waals surface area contributed by atoms with Crippen LogP contribution < -0.4 is 10.1 Å². The van der Waals surface area contributed by atoms with E-state index in [9.17, 15) is 18.0 Å². The minimum atomic E-state index is -4.49. The van der Waals surface area contributed by atoms with Gasteiger partial charge in [0.15, 0.2) is 17.2 Å². The number of hydrogen-bond donors (Lipinski definition) is 1. The molecule has 0 saturated carbocycles. The Bertz CT molecular complexity index is 1090. The molecular formula is C20H17Cl3F3N3O3. The van der Waals surface area contributed by atoms with E-state index in [0.29, 0.717) is 22.9 Å². The Morgan fingerprint density at radius 3 is 2.50 bits per heavy atom. The largest absolute Gasteiger partial charge is 0.483 e. The van der Waals surface area contributed by atoms with Gasteiger partial charge in [0.1, 0.15) is 12.4 Å². The fourth-order valence-electron chi connectivity index (χ4n) is 2.78. The molecule has 2 aromatic heterocycles. The first-order chi connectivity index (χ1) is 15.0. The molecule has 0 atom stereocenters. The number of carbonyl (C=O) groups excluding carboxylic acids is 1. The smallest absolute Gasteiger partial charge is 0.435 e. The summed E-state index contributed by atoms with van der Waals surface area (Å²) in [6.45, 7) is 1.97. The van der Waals surface area contributed by atoms with E-state index in [4.69, 9.17) is 44.0 Å². The van der Waals surface area contributed by atoms with Gasteiger partial charge in [-0.2, -0.15) is 18.3 Å². The first-order valence-electron chi connectivity index (χ1n) is 9.30. The average molecular weight is 511 g/mol. The zero-order chi connectivity index (χ0) is 23.5. The number of furan rings is 1. The number of alkyl halides is 3. The second-order valence-corrected chi connectivity index (χ2v) is 8.01. The lowest BCUT2D eigenvalue weighted by Gasteiger charge is -2.09. The van der Waals surface area contributed by atoms with Crippen molar-refractivity contribution < 1.29 is 27.1 Å². The maximum atomic E-state index is 12.7. The highest BCUT2D eigenvalue weighted by Crippen LogP contribution is 2.36. The molecule has 1 amide bonds. The van der Waals surface area contributed by atoms with Gasteiger partial charge < -0.3 is 14.5 Å². The predicted octanol–water partition coefficient (Wildman–Crippen LogP) is 6.16. The highest BCUT2D eigenvalue weighted by molar-refractivity contribution is 6.40. The van der Waals surface area contributed by atoms with Crippen LogP contribution in [-0.4, -0.2) is 22.2 Å². The van der Waals surface area contributed by atoms with Crippen LogP contribution in [0.1, 0.15) is 34.1 Å². The second kappa shape index (κ2) is 10.1. The summed E-state index contributed by atoms with van der Waals surface area (Å²) < 4.78 is 50.4. The fourth-order valence-corrected chi connectivity index (χ4v) is 3.71. The summed E-state index contributed by atoms with van der Waals surface area (Å²) in [6.07, 6.45) is -4.11. The van der Waals surface area contributed by atoms with Crippen LogP contribution in [0.15, 0.2) is 34.7 Å². The summed E-state index contributed by atoms with van der Waals surface area (Å²) in [7, 11) is 0. The first-order valence-corrected chi connectivity index (χ1v) is 10.4. The Kier molecular flexibility index (Phi) is 7.63. The number of aromatic nitrogens is 2. The van der Waals surface area contributed by atoms with Crippen LogP contribution >= 0.6 is 34.8 Å². The molecule has 1 N–H and O–H groups in total. The first kappa shape index (κ1) is 24.3. The maximum absolute atomic E-state index is 12.7. The second-order valence-electron chi connectivity index (χ2n) is 6.75. The molecule has 3 rings (SSSR count). The van der Waals surface area contributed by atoms with Crippen LogP contribution in [0, 0.1) is 6.92 Å². The molecule has 0 unspecified atom stereocenters. The number of aryl methyl sites for hydroxylation is 2. The summed E-state index contributed by atoms with van der Waals surface area (Å²) in [5.41, 5.74) is -0.550. The highest BCUT2D eigenvalue weighted by atomic mass is 35.5. The van der Waals surface area contributed by atoms with E-state index in [1.54, 1.807) is 6.07 Å². The molecule has 0 aliphatic rings. The Labute approximate surface area is 196 Å². The van der Waals surface area contributed by atoms with Gasteiger partial charge in [-0.1, -0.05) is 34.8 Å². The topological polar surface area (TPSA) is 69.3 Å². The summed E-state index contributed by atoms with van der Waals surface area (Å²) in [5, 5.41) is 7.03. The van der Waals surface area contributed by atoms with Gasteiger partial charge in [0.2, 0.25) is 0 Å². The third-order valence-electron chi connectivity index (χ3n) is 4.31. The minimum Gasteiger partial charge on any atom is -0.483 e. The van der Waals surface area contributed by atoms with Crippen LogP contribution in [0.2, 0.25) is 15.1 Å². The SMILES string of the molecule is Cc1cc(C(F)(F)F)nn1CCCNC(=O)c1ccc(COc2c(Cl)cc(Cl)cc2Cl)o1. The molecule has 0 aliphatic carbocycles. The average Bonchev–Trinajstić information content (AvgIpc) is 3.31. The molecular weight excluding hydrogens is 494 g/mol. The van der Waals surface area contributed by atoms with Gasteiger partial charge >= 0.3 is 6.18 Å². The molecule has 32 heavy (non-hydrogen) atoms. The van der Waals surface area contributed by atoms with E-state index < -0.39 is 17.8 Å². The van der Waals surface area contributed by atoms with Gasteiger partial charge in [0.25, 0.3) is 5.91 Å². The lowest BCUT2D eigenvalue weighted by molar-refractivity contribution is -0.141. The van der Waals surface area contributed by atoms with E-state index >= 15 is 0 Å². The molecule has 3 aromatic rings. The van der Waals surface area contributed by atoms with Gasteiger partial charge in [0.05, 0.1) is 10.0 Å². The predicted molar refractivity (Wildman–Crippen MR) is 113 cm³/mol. The summed E-state index contributed by atoms with van der Waals surface area (Å²) in [5.74, 6) is 0.199. The fraction of sp³-hybridized carbons (Fsp3) is 0.300. The van der Waals surface area contributed by atoms with Crippen LogP contribution in [0.3, 0.4) is 0 Å². The summed E-state index contributed by atoms with van der Waals surface area (Å²) >= 11 is 18.0. The molecule has 0 aliphatic heterocycles. The number of ether oxygens (including phenoxy) is 1. The number of amides is 1. The number of nitrogens with one attached hydrogen (secondary N) is 1. The number of halogens is 6. The monoisotopic (exact) mass is 509 g/mol. The van der Waals surface area contributed by atoms with Crippen molar-refractivity contribution in [2.45, 2.75) is 32.7 Å². The zero-order valence-electron chi connectivity index (χ0n) is 16.6. The van der Waals surface area contributed by atoms with Crippen molar-refractivity contribution in [2.75, 3.05) is 6.54 Å².